The number of methoxy groups -OCH3 is 1. The van der Waals surface area contributed by atoms with Gasteiger partial charge < -0.3 is 10.5 Å². The minimum Gasteiger partial charge on any atom is -0.381 e. The number of nitrogens with zero attached hydrogens (tertiary/aromatic N) is 2. The number of H-pyrrole nitrogens is 1. The van der Waals surface area contributed by atoms with Crippen molar-refractivity contribution in [1.29, 1.82) is 0 Å². The summed E-state index contributed by atoms with van der Waals surface area (Å²) in [6.45, 7) is 2.68. The maximum Gasteiger partial charge on any atom is 0.150 e. The zero-order chi connectivity index (χ0) is 10.4. The molecule has 1 aromatic heterocycles. The number of ether oxygens (including phenoxy) is 1. The minimum absolute atomic E-state index is 0.172. The van der Waals surface area contributed by atoms with Crippen LogP contribution >= 0.6 is 0 Å². The van der Waals surface area contributed by atoms with Crippen LogP contribution in [0.4, 0.5) is 0 Å². The van der Waals surface area contributed by atoms with E-state index in [1.54, 1.807) is 7.11 Å². The number of hydrogen-bond donors (Lipinski definition) is 2. The number of nitrogens with one attached hydrogen (secondary N) is 1. The second-order valence-corrected chi connectivity index (χ2v) is 3.34. The van der Waals surface area contributed by atoms with E-state index in [4.69, 9.17) is 10.5 Å². The summed E-state index contributed by atoms with van der Waals surface area (Å²) in [5.41, 5.74) is 5.40. The molecule has 0 saturated carbocycles. The Hall–Kier alpha value is -0.940. The molecule has 0 aromatic carbocycles. The molecule has 5 nitrogen and oxygen atoms in total. The maximum absolute atomic E-state index is 5.40. The second kappa shape index (κ2) is 5.72. The van der Waals surface area contributed by atoms with Crippen LogP contribution in [0, 0.1) is 0 Å². The van der Waals surface area contributed by atoms with Crippen molar-refractivity contribution >= 4 is 0 Å². The summed E-state index contributed by atoms with van der Waals surface area (Å²) in [6.07, 6.45) is 2.71. The predicted molar refractivity (Wildman–Crippen MR) is 53.9 cm³/mol. The molecule has 0 amide bonds. The molecule has 0 spiro atoms. The highest BCUT2D eigenvalue weighted by molar-refractivity contribution is 4.91. The molecule has 0 aliphatic heterocycles. The fraction of sp³-hybridized carbons (Fsp3) is 0.778. The van der Waals surface area contributed by atoms with Crippen LogP contribution in [-0.2, 0) is 17.6 Å². The van der Waals surface area contributed by atoms with Gasteiger partial charge in [0.2, 0.25) is 0 Å². The summed E-state index contributed by atoms with van der Waals surface area (Å²) >= 11 is 0. The normalized spacial score (nSPS) is 13.1. The highest BCUT2D eigenvalue weighted by Crippen LogP contribution is 2.01. The lowest BCUT2D eigenvalue weighted by molar-refractivity contribution is 0.117. The van der Waals surface area contributed by atoms with Crippen LogP contribution in [0.2, 0.25) is 0 Å². The molecule has 1 heterocycles. The third kappa shape index (κ3) is 3.43. The van der Waals surface area contributed by atoms with E-state index in [1.165, 1.54) is 0 Å². The third-order valence-electron chi connectivity index (χ3n) is 2.07. The lowest BCUT2D eigenvalue weighted by Gasteiger charge is -2.04. The van der Waals surface area contributed by atoms with E-state index in [9.17, 15) is 0 Å². The molecular formula is C9H18N4O. The Bertz CT molecular complexity index is 261. The summed E-state index contributed by atoms with van der Waals surface area (Å²) < 4.78 is 5.14. The van der Waals surface area contributed by atoms with E-state index in [0.29, 0.717) is 6.54 Å². The Morgan fingerprint density at radius 1 is 1.57 bits per heavy atom. The molecule has 1 rings (SSSR count). The zero-order valence-electron chi connectivity index (χ0n) is 8.79. The monoisotopic (exact) mass is 198 g/mol. The summed E-state index contributed by atoms with van der Waals surface area (Å²) in [5.74, 6) is 1.72. The molecule has 0 radical (unpaired) electrons. The first kappa shape index (κ1) is 11.1. The van der Waals surface area contributed by atoms with Gasteiger partial charge in [0.25, 0.3) is 0 Å². The second-order valence-electron chi connectivity index (χ2n) is 3.34. The molecule has 80 valence electrons. The van der Waals surface area contributed by atoms with Crippen molar-refractivity contribution in [2.45, 2.75) is 32.3 Å². The van der Waals surface area contributed by atoms with Gasteiger partial charge in [0.1, 0.15) is 5.82 Å². The van der Waals surface area contributed by atoms with Crippen molar-refractivity contribution in [3.63, 3.8) is 0 Å². The van der Waals surface area contributed by atoms with Gasteiger partial charge in [-0.05, 0) is 19.9 Å². The SMILES string of the molecule is COC(C)Cc1nc(CCCN)n[nH]1. The molecule has 0 aliphatic carbocycles. The maximum atomic E-state index is 5.40. The van der Waals surface area contributed by atoms with Crippen molar-refractivity contribution in [2.24, 2.45) is 5.73 Å². The topological polar surface area (TPSA) is 76.8 Å². The first-order valence-electron chi connectivity index (χ1n) is 4.89. The van der Waals surface area contributed by atoms with Crippen molar-refractivity contribution in [1.82, 2.24) is 15.2 Å². The number of nitrogens with two attached hydrogens (primary N) is 1. The fourth-order valence-electron chi connectivity index (χ4n) is 1.15. The molecule has 1 unspecified atom stereocenters. The summed E-state index contributed by atoms with van der Waals surface area (Å²) in [5, 5.41) is 6.99. The van der Waals surface area contributed by atoms with Gasteiger partial charge in [-0.3, -0.25) is 5.10 Å². The number of hydrogen-bond acceptors (Lipinski definition) is 4. The molecule has 3 N–H and O–H groups in total. The van der Waals surface area contributed by atoms with Gasteiger partial charge in [0.05, 0.1) is 6.10 Å². The molecular weight excluding hydrogens is 180 g/mol. The Balaban J connectivity index is 2.42. The highest BCUT2D eigenvalue weighted by atomic mass is 16.5. The summed E-state index contributed by atoms with van der Waals surface area (Å²) in [6, 6.07) is 0. The number of aryl methyl sites for hydroxylation is 1. The molecule has 14 heavy (non-hydrogen) atoms. The van der Waals surface area contributed by atoms with Crippen LogP contribution in [0.25, 0.3) is 0 Å². The van der Waals surface area contributed by atoms with Gasteiger partial charge in [-0.2, -0.15) is 5.10 Å². The van der Waals surface area contributed by atoms with E-state index >= 15 is 0 Å². The van der Waals surface area contributed by atoms with Crippen LogP contribution in [0.3, 0.4) is 0 Å². The first-order chi connectivity index (χ1) is 6.76. The van der Waals surface area contributed by atoms with E-state index < -0.39 is 0 Å². The summed E-state index contributed by atoms with van der Waals surface area (Å²) in [7, 11) is 1.69. The molecule has 1 atom stereocenters. The quantitative estimate of drug-likeness (QED) is 0.688. The Morgan fingerprint density at radius 2 is 2.36 bits per heavy atom. The van der Waals surface area contributed by atoms with Crippen molar-refractivity contribution in [2.75, 3.05) is 13.7 Å². The largest absolute Gasteiger partial charge is 0.381 e. The smallest absolute Gasteiger partial charge is 0.150 e. The zero-order valence-corrected chi connectivity index (χ0v) is 8.79. The highest BCUT2D eigenvalue weighted by Gasteiger charge is 2.06. The molecule has 0 aliphatic rings. The number of rotatable bonds is 6. The van der Waals surface area contributed by atoms with Gasteiger partial charge in [0, 0.05) is 20.0 Å². The average Bonchev–Trinajstić information content (AvgIpc) is 2.62. The van der Waals surface area contributed by atoms with E-state index in [1.807, 2.05) is 6.92 Å². The van der Waals surface area contributed by atoms with Crippen LogP contribution in [-0.4, -0.2) is 34.9 Å². The third-order valence-corrected chi connectivity index (χ3v) is 2.07. The fourth-order valence-corrected chi connectivity index (χ4v) is 1.15. The van der Waals surface area contributed by atoms with Crippen molar-refractivity contribution in [3.8, 4) is 0 Å². The molecule has 1 aromatic rings. The molecule has 5 heteroatoms. The molecule has 0 saturated heterocycles. The Morgan fingerprint density at radius 3 is 3.00 bits per heavy atom. The lowest BCUT2D eigenvalue weighted by Crippen LogP contribution is -2.09. The van der Waals surface area contributed by atoms with Crippen LogP contribution in [0.5, 0.6) is 0 Å². The van der Waals surface area contributed by atoms with Gasteiger partial charge >= 0.3 is 0 Å². The van der Waals surface area contributed by atoms with Gasteiger partial charge in [-0.15, -0.1) is 0 Å². The Kier molecular flexibility index (Phi) is 4.55. The van der Waals surface area contributed by atoms with Crippen LogP contribution < -0.4 is 5.73 Å². The van der Waals surface area contributed by atoms with E-state index in [2.05, 4.69) is 15.2 Å². The number of aromatic amines is 1. The van der Waals surface area contributed by atoms with Crippen LogP contribution in [0.1, 0.15) is 25.0 Å². The predicted octanol–water partition coefficient (Wildman–Crippen LogP) is 0.273. The van der Waals surface area contributed by atoms with Crippen LogP contribution in [0.15, 0.2) is 0 Å². The Labute approximate surface area is 84.1 Å². The lowest BCUT2D eigenvalue weighted by atomic mass is 10.3. The first-order valence-corrected chi connectivity index (χ1v) is 4.89. The average molecular weight is 198 g/mol. The summed E-state index contributed by atoms with van der Waals surface area (Å²) in [4.78, 5) is 4.33. The molecule has 0 bridgehead atoms. The van der Waals surface area contributed by atoms with Gasteiger partial charge in [-0.1, -0.05) is 0 Å². The minimum atomic E-state index is 0.172. The van der Waals surface area contributed by atoms with Gasteiger partial charge in [-0.25, -0.2) is 4.98 Å². The molecule has 0 fully saturated rings. The van der Waals surface area contributed by atoms with Crippen molar-refractivity contribution < 1.29 is 4.74 Å². The van der Waals surface area contributed by atoms with Gasteiger partial charge in [0.15, 0.2) is 5.82 Å². The van der Waals surface area contributed by atoms with E-state index in [-0.39, 0.29) is 6.10 Å². The standard InChI is InChI=1S/C9H18N4O/c1-7(14-2)6-9-11-8(12-13-9)4-3-5-10/h7H,3-6,10H2,1-2H3,(H,11,12,13). The number of aromatic nitrogens is 3. The van der Waals surface area contributed by atoms with Crippen molar-refractivity contribution in [3.05, 3.63) is 11.6 Å². The van der Waals surface area contributed by atoms with E-state index in [0.717, 1.165) is 30.9 Å².